The number of nitrogens with two attached hydrogens (primary N) is 1. The Bertz CT molecular complexity index is 1440. The van der Waals surface area contributed by atoms with Crippen molar-refractivity contribution >= 4 is 38.9 Å². The molecule has 0 radical (unpaired) electrons. The van der Waals surface area contributed by atoms with Crippen molar-refractivity contribution in [1.29, 1.82) is 0 Å². The summed E-state index contributed by atoms with van der Waals surface area (Å²) < 4.78 is 48.2. The Kier molecular flexibility index (Phi) is 8.82. The molecule has 3 heterocycles. The molecule has 210 valence electrons. The lowest BCUT2D eigenvalue weighted by atomic mass is 9.93. The molecule has 4 rings (SSSR count). The number of nitrogens with one attached hydrogen (secondary N) is 2. The lowest BCUT2D eigenvalue weighted by Crippen LogP contribution is -2.41. The molecule has 1 aromatic carbocycles. The summed E-state index contributed by atoms with van der Waals surface area (Å²) in [6.45, 7) is 7.09. The fraction of sp³-hybridized carbons (Fsp3) is 0.462. The maximum Gasteiger partial charge on any atom is 0.232 e. The van der Waals surface area contributed by atoms with Crippen LogP contribution in [0.4, 0.5) is 16.0 Å². The molecule has 0 saturated carbocycles. The van der Waals surface area contributed by atoms with Gasteiger partial charge in [0.1, 0.15) is 5.01 Å². The minimum atomic E-state index is -3.71. The average molecular weight is 577 g/mol. The zero-order valence-electron chi connectivity index (χ0n) is 22.2. The van der Waals surface area contributed by atoms with Crippen molar-refractivity contribution in [2.45, 2.75) is 45.4 Å². The van der Waals surface area contributed by atoms with Gasteiger partial charge in [-0.1, -0.05) is 26.8 Å². The lowest BCUT2D eigenvalue weighted by molar-refractivity contribution is -0.128. The maximum absolute atomic E-state index is 15.8. The lowest BCUT2D eigenvalue weighted by Gasteiger charge is -2.26. The number of hydrogen-bond acceptors (Lipinski definition) is 9. The number of anilines is 2. The molecule has 3 aromatic rings. The normalized spacial score (nSPS) is 14.8. The molecule has 2 aromatic heterocycles. The van der Waals surface area contributed by atoms with Crippen LogP contribution in [0.1, 0.15) is 45.0 Å². The topological polar surface area (TPSA) is 149 Å². The van der Waals surface area contributed by atoms with Gasteiger partial charge in [0.25, 0.3) is 0 Å². The Balaban J connectivity index is 1.71. The van der Waals surface area contributed by atoms with Gasteiger partial charge in [-0.15, -0.1) is 11.3 Å². The molecule has 1 saturated heterocycles. The molecule has 0 unspecified atom stereocenters. The molecule has 1 aliphatic rings. The zero-order valence-corrected chi connectivity index (χ0v) is 23.8. The number of rotatable bonds is 10. The molecule has 0 aliphatic carbocycles. The first kappa shape index (κ1) is 28.8. The molecular formula is C26H33FN6O4S2. The van der Waals surface area contributed by atoms with E-state index < -0.39 is 21.3 Å². The van der Waals surface area contributed by atoms with E-state index in [1.807, 2.05) is 13.8 Å². The van der Waals surface area contributed by atoms with Crippen molar-refractivity contribution in [3.63, 3.8) is 0 Å². The minimum Gasteiger partial charge on any atom is -0.381 e. The highest BCUT2D eigenvalue weighted by molar-refractivity contribution is 7.92. The van der Waals surface area contributed by atoms with Crippen molar-refractivity contribution in [1.82, 2.24) is 20.3 Å². The highest BCUT2D eigenvalue weighted by atomic mass is 32.2. The van der Waals surface area contributed by atoms with Crippen molar-refractivity contribution in [3.05, 3.63) is 41.3 Å². The van der Waals surface area contributed by atoms with E-state index in [2.05, 4.69) is 20.0 Å². The molecule has 0 bridgehead atoms. The monoisotopic (exact) mass is 576 g/mol. The van der Waals surface area contributed by atoms with Crippen LogP contribution in [0.2, 0.25) is 0 Å². The smallest absolute Gasteiger partial charge is 0.232 e. The van der Waals surface area contributed by atoms with Gasteiger partial charge in [-0.3, -0.25) is 9.52 Å². The van der Waals surface area contributed by atoms with Crippen LogP contribution >= 0.6 is 11.3 Å². The number of ether oxygens (including phenoxy) is 1. The number of hydrogen-bond donors (Lipinski definition) is 3. The van der Waals surface area contributed by atoms with Gasteiger partial charge in [0.15, 0.2) is 5.82 Å². The van der Waals surface area contributed by atoms with Gasteiger partial charge in [0.05, 0.1) is 27.7 Å². The first-order valence-corrected chi connectivity index (χ1v) is 15.2. The largest absolute Gasteiger partial charge is 0.381 e. The summed E-state index contributed by atoms with van der Waals surface area (Å²) in [6.07, 6.45) is 3.27. The van der Waals surface area contributed by atoms with Crippen molar-refractivity contribution in [3.8, 4) is 21.8 Å². The van der Waals surface area contributed by atoms with E-state index in [1.54, 1.807) is 25.1 Å². The van der Waals surface area contributed by atoms with Crippen LogP contribution in [0, 0.1) is 11.7 Å². The molecule has 1 amide bonds. The summed E-state index contributed by atoms with van der Waals surface area (Å²) in [7, 11) is -3.71. The van der Waals surface area contributed by atoms with Crippen molar-refractivity contribution in [2.75, 3.05) is 36.0 Å². The second-order valence-electron chi connectivity index (χ2n) is 10.1. The van der Waals surface area contributed by atoms with Crippen LogP contribution in [0.15, 0.2) is 30.5 Å². The summed E-state index contributed by atoms with van der Waals surface area (Å²) in [4.78, 5) is 26.4. The number of thiazole rings is 1. The summed E-state index contributed by atoms with van der Waals surface area (Å²) in [6, 6.07) is 6.14. The van der Waals surface area contributed by atoms with Crippen LogP contribution in [0.25, 0.3) is 21.8 Å². The predicted octanol–water partition coefficient (Wildman–Crippen LogP) is 3.96. The fourth-order valence-corrected chi connectivity index (χ4v) is 6.52. The van der Waals surface area contributed by atoms with E-state index in [0.29, 0.717) is 60.3 Å². The van der Waals surface area contributed by atoms with Gasteiger partial charge in [0.2, 0.25) is 21.9 Å². The first-order chi connectivity index (χ1) is 18.5. The minimum absolute atomic E-state index is 0.0231. The summed E-state index contributed by atoms with van der Waals surface area (Å²) in [5.41, 5.74) is 5.94. The Morgan fingerprint density at radius 3 is 2.67 bits per heavy atom. The second kappa shape index (κ2) is 11.9. The Labute approximate surface area is 231 Å². The first-order valence-electron chi connectivity index (χ1n) is 12.8. The Morgan fingerprint density at radius 2 is 1.97 bits per heavy atom. The molecule has 1 aliphatic heterocycles. The number of aromatic nitrogens is 3. The summed E-state index contributed by atoms with van der Waals surface area (Å²) >= 11 is 1.31. The van der Waals surface area contributed by atoms with E-state index in [0.717, 1.165) is 0 Å². The standard InChI is InChI=1S/C26H33FN6O4S2/c1-4-14-39(35,36)33-18-7-5-6-17(20(18)27)21-22(19-8-11-29-25(28)31-19)38-24(32-21)26(2,3)15-30-23(34)16-9-12-37-13-10-16/h5-8,11,16,33H,4,9-10,12-15H2,1-3H3,(H,30,34)(H2,28,29,31). The van der Waals surface area contributed by atoms with Crippen LogP contribution < -0.4 is 15.8 Å². The molecule has 1 fully saturated rings. The van der Waals surface area contributed by atoms with E-state index in [1.165, 1.54) is 23.6 Å². The van der Waals surface area contributed by atoms with Gasteiger partial charge in [-0.05, 0) is 37.5 Å². The number of amides is 1. The molecule has 0 atom stereocenters. The summed E-state index contributed by atoms with van der Waals surface area (Å²) in [5.74, 6) is -0.934. The molecule has 10 nitrogen and oxygen atoms in total. The number of benzene rings is 1. The Morgan fingerprint density at radius 1 is 1.23 bits per heavy atom. The quantitative estimate of drug-likeness (QED) is 0.328. The third-order valence-electron chi connectivity index (χ3n) is 6.40. The third-order valence-corrected chi connectivity index (χ3v) is 9.32. The highest BCUT2D eigenvalue weighted by Gasteiger charge is 2.31. The van der Waals surface area contributed by atoms with Gasteiger partial charge < -0.3 is 15.8 Å². The van der Waals surface area contributed by atoms with Crippen LogP contribution in [0.3, 0.4) is 0 Å². The number of sulfonamides is 1. The van der Waals surface area contributed by atoms with Crippen molar-refractivity contribution < 1.29 is 22.3 Å². The molecule has 0 spiro atoms. The summed E-state index contributed by atoms with van der Waals surface area (Å²) in [5, 5.41) is 3.69. The number of carbonyl (C=O) groups excluding carboxylic acids is 1. The molecule has 13 heteroatoms. The average Bonchev–Trinajstić information content (AvgIpc) is 3.35. The second-order valence-corrected chi connectivity index (χ2v) is 12.9. The van der Waals surface area contributed by atoms with Gasteiger partial charge >= 0.3 is 0 Å². The highest BCUT2D eigenvalue weighted by Crippen LogP contribution is 2.42. The van der Waals surface area contributed by atoms with Gasteiger partial charge in [-0.2, -0.15) is 0 Å². The maximum atomic E-state index is 15.8. The number of halogens is 1. The zero-order chi connectivity index (χ0) is 28.2. The fourth-order valence-electron chi connectivity index (χ4n) is 4.23. The van der Waals surface area contributed by atoms with E-state index >= 15 is 4.39 Å². The third kappa shape index (κ3) is 6.89. The number of nitrogens with zero attached hydrogens (tertiary/aromatic N) is 3. The number of nitrogen functional groups attached to an aromatic ring is 1. The molecule has 4 N–H and O–H groups in total. The van der Waals surface area contributed by atoms with Crippen LogP contribution in [-0.2, 0) is 25.0 Å². The van der Waals surface area contributed by atoms with E-state index in [4.69, 9.17) is 15.5 Å². The Hall–Kier alpha value is -3.16. The van der Waals surface area contributed by atoms with E-state index in [-0.39, 0.29) is 34.8 Å². The van der Waals surface area contributed by atoms with Crippen LogP contribution in [0.5, 0.6) is 0 Å². The van der Waals surface area contributed by atoms with Gasteiger partial charge in [-0.25, -0.2) is 27.8 Å². The molecular weight excluding hydrogens is 543 g/mol. The predicted molar refractivity (Wildman–Crippen MR) is 150 cm³/mol. The number of carbonyl (C=O) groups is 1. The van der Waals surface area contributed by atoms with E-state index in [9.17, 15) is 13.2 Å². The SMILES string of the molecule is CCCS(=O)(=O)Nc1cccc(-c2nc(C(C)(C)CNC(=O)C3CCOCC3)sc2-c2ccnc(N)n2)c1F. The van der Waals surface area contributed by atoms with Gasteiger partial charge in [0, 0.05) is 42.9 Å². The molecule has 39 heavy (non-hydrogen) atoms. The van der Waals surface area contributed by atoms with Crippen LogP contribution in [-0.4, -0.2) is 54.8 Å². The van der Waals surface area contributed by atoms with Crippen molar-refractivity contribution in [2.24, 2.45) is 5.92 Å².